The van der Waals surface area contributed by atoms with Gasteiger partial charge in [0.05, 0.1) is 5.52 Å². The summed E-state index contributed by atoms with van der Waals surface area (Å²) in [6, 6.07) is 10.8. The SMILES string of the molecule is Cc1ccc2c(c1)ncc1ccc(F)cc12. The third kappa shape index (κ3) is 1.34. The van der Waals surface area contributed by atoms with Gasteiger partial charge in [-0.1, -0.05) is 12.1 Å². The number of fused-ring (bicyclic) bond motifs is 3. The summed E-state index contributed by atoms with van der Waals surface area (Å²) in [7, 11) is 0. The average Bonchev–Trinajstić information content (AvgIpc) is 2.28. The van der Waals surface area contributed by atoms with Crippen molar-refractivity contribution in [3.05, 3.63) is 54.0 Å². The molecule has 0 aliphatic rings. The summed E-state index contributed by atoms with van der Waals surface area (Å²) in [4.78, 5) is 4.38. The van der Waals surface area contributed by atoms with Crippen molar-refractivity contribution in [3.63, 3.8) is 0 Å². The summed E-state index contributed by atoms with van der Waals surface area (Å²) in [5, 5.41) is 2.89. The molecule has 1 nitrogen and oxygen atoms in total. The molecule has 0 atom stereocenters. The van der Waals surface area contributed by atoms with Gasteiger partial charge in [0.2, 0.25) is 0 Å². The first-order valence-electron chi connectivity index (χ1n) is 5.19. The number of hydrogen-bond donors (Lipinski definition) is 0. The van der Waals surface area contributed by atoms with Crippen LogP contribution >= 0.6 is 0 Å². The van der Waals surface area contributed by atoms with Crippen LogP contribution in [-0.2, 0) is 0 Å². The number of halogens is 1. The van der Waals surface area contributed by atoms with Crippen LogP contribution in [-0.4, -0.2) is 4.98 Å². The summed E-state index contributed by atoms with van der Waals surface area (Å²) in [5.41, 5.74) is 2.08. The zero-order valence-electron chi connectivity index (χ0n) is 8.87. The zero-order chi connectivity index (χ0) is 11.1. The van der Waals surface area contributed by atoms with Gasteiger partial charge in [-0.2, -0.15) is 0 Å². The molecule has 2 aromatic carbocycles. The zero-order valence-corrected chi connectivity index (χ0v) is 8.87. The van der Waals surface area contributed by atoms with Crippen LogP contribution in [0, 0.1) is 12.7 Å². The Morgan fingerprint density at radius 3 is 2.75 bits per heavy atom. The van der Waals surface area contributed by atoms with Gasteiger partial charge in [0.1, 0.15) is 5.82 Å². The van der Waals surface area contributed by atoms with E-state index in [0.717, 1.165) is 27.2 Å². The molecule has 0 radical (unpaired) electrons. The van der Waals surface area contributed by atoms with Crippen LogP contribution in [0.3, 0.4) is 0 Å². The molecule has 0 saturated heterocycles. The normalized spacial score (nSPS) is 11.1. The van der Waals surface area contributed by atoms with E-state index in [1.807, 2.05) is 25.1 Å². The van der Waals surface area contributed by atoms with Gasteiger partial charge in [-0.05, 0) is 42.1 Å². The van der Waals surface area contributed by atoms with E-state index in [-0.39, 0.29) is 5.82 Å². The van der Waals surface area contributed by atoms with Crippen molar-refractivity contribution in [3.8, 4) is 0 Å². The Hall–Kier alpha value is -1.96. The molecular weight excluding hydrogens is 201 g/mol. The number of pyridine rings is 1. The van der Waals surface area contributed by atoms with Gasteiger partial charge < -0.3 is 0 Å². The molecule has 3 rings (SSSR count). The highest BCUT2D eigenvalue weighted by Crippen LogP contribution is 2.24. The first-order chi connectivity index (χ1) is 7.74. The molecule has 0 spiro atoms. The quantitative estimate of drug-likeness (QED) is 0.515. The predicted octanol–water partition coefficient (Wildman–Crippen LogP) is 3.84. The van der Waals surface area contributed by atoms with Gasteiger partial charge in [-0.25, -0.2) is 4.39 Å². The maximum absolute atomic E-state index is 13.2. The average molecular weight is 211 g/mol. The van der Waals surface area contributed by atoms with Gasteiger partial charge in [0, 0.05) is 17.0 Å². The fourth-order valence-electron chi connectivity index (χ4n) is 1.99. The minimum atomic E-state index is -0.208. The number of rotatable bonds is 0. The Morgan fingerprint density at radius 1 is 1.00 bits per heavy atom. The molecule has 0 saturated carbocycles. The van der Waals surface area contributed by atoms with Gasteiger partial charge in [-0.3, -0.25) is 4.98 Å². The van der Waals surface area contributed by atoms with Crippen LogP contribution < -0.4 is 0 Å². The highest BCUT2D eigenvalue weighted by molar-refractivity contribution is 6.05. The van der Waals surface area contributed by atoms with Crippen molar-refractivity contribution in [2.45, 2.75) is 6.92 Å². The minimum absolute atomic E-state index is 0.208. The van der Waals surface area contributed by atoms with Gasteiger partial charge >= 0.3 is 0 Å². The Morgan fingerprint density at radius 2 is 1.88 bits per heavy atom. The van der Waals surface area contributed by atoms with Crippen molar-refractivity contribution in [2.24, 2.45) is 0 Å². The molecule has 1 heterocycles. The molecule has 16 heavy (non-hydrogen) atoms. The molecule has 0 bridgehead atoms. The maximum atomic E-state index is 13.2. The van der Waals surface area contributed by atoms with E-state index in [9.17, 15) is 4.39 Å². The van der Waals surface area contributed by atoms with Crippen LogP contribution in [0.1, 0.15) is 5.56 Å². The van der Waals surface area contributed by atoms with E-state index in [0.29, 0.717) is 0 Å². The lowest BCUT2D eigenvalue weighted by atomic mass is 10.1. The summed E-state index contributed by atoms with van der Waals surface area (Å²) in [6.07, 6.45) is 1.79. The van der Waals surface area contributed by atoms with E-state index in [2.05, 4.69) is 4.98 Å². The van der Waals surface area contributed by atoms with Crippen LogP contribution in [0.2, 0.25) is 0 Å². The molecule has 0 aliphatic carbocycles. The second kappa shape index (κ2) is 3.27. The van der Waals surface area contributed by atoms with E-state index >= 15 is 0 Å². The lowest BCUT2D eigenvalue weighted by Gasteiger charge is -2.03. The molecule has 0 fully saturated rings. The first-order valence-corrected chi connectivity index (χ1v) is 5.19. The Kier molecular flexibility index (Phi) is 1.90. The second-order valence-corrected chi connectivity index (χ2v) is 4.01. The third-order valence-electron chi connectivity index (χ3n) is 2.80. The fourth-order valence-corrected chi connectivity index (χ4v) is 1.99. The minimum Gasteiger partial charge on any atom is -0.256 e. The largest absolute Gasteiger partial charge is 0.256 e. The van der Waals surface area contributed by atoms with E-state index < -0.39 is 0 Å². The molecular formula is C14H10FN. The molecule has 0 unspecified atom stereocenters. The summed E-state index contributed by atoms with van der Waals surface area (Å²) < 4.78 is 13.2. The second-order valence-electron chi connectivity index (χ2n) is 4.01. The highest BCUT2D eigenvalue weighted by Gasteiger charge is 2.02. The van der Waals surface area contributed by atoms with Crippen LogP contribution in [0.5, 0.6) is 0 Å². The Balaban J connectivity index is 2.52. The molecule has 1 aromatic heterocycles. The number of benzene rings is 2. The van der Waals surface area contributed by atoms with Gasteiger partial charge in [-0.15, -0.1) is 0 Å². The van der Waals surface area contributed by atoms with Crippen molar-refractivity contribution in [1.29, 1.82) is 0 Å². The summed E-state index contributed by atoms with van der Waals surface area (Å²) in [5.74, 6) is -0.208. The van der Waals surface area contributed by atoms with Crippen molar-refractivity contribution >= 4 is 21.7 Å². The Labute approximate surface area is 92.5 Å². The number of aromatic nitrogens is 1. The molecule has 0 N–H and O–H groups in total. The van der Waals surface area contributed by atoms with Crippen molar-refractivity contribution < 1.29 is 4.39 Å². The number of nitrogens with zero attached hydrogens (tertiary/aromatic N) is 1. The topological polar surface area (TPSA) is 12.9 Å². The van der Waals surface area contributed by atoms with Crippen LogP contribution in [0.25, 0.3) is 21.7 Å². The van der Waals surface area contributed by atoms with Crippen LogP contribution in [0.15, 0.2) is 42.6 Å². The Bertz CT molecular complexity index is 689. The lowest BCUT2D eigenvalue weighted by molar-refractivity contribution is 0.630. The maximum Gasteiger partial charge on any atom is 0.123 e. The van der Waals surface area contributed by atoms with Crippen molar-refractivity contribution in [2.75, 3.05) is 0 Å². The summed E-state index contributed by atoms with van der Waals surface area (Å²) >= 11 is 0. The number of aryl methyl sites for hydroxylation is 1. The monoisotopic (exact) mass is 211 g/mol. The molecule has 2 heteroatoms. The lowest BCUT2D eigenvalue weighted by Crippen LogP contribution is -1.84. The number of hydrogen-bond acceptors (Lipinski definition) is 1. The van der Waals surface area contributed by atoms with Crippen LogP contribution in [0.4, 0.5) is 4.39 Å². The fraction of sp³-hybridized carbons (Fsp3) is 0.0714. The van der Waals surface area contributed by atoms with Gasteiger partial charge in [0.15, 0.2) is 0 Å². The van der Waals surface area contributed by atoms with Crippen molar-refractivity contribution in [1.82, 2.24) is 4.98 Å². The van der Waals surface area contributed by atoms with E-state index in [4.69, 9.17) is 0 Å². The highest BCUT2D eigenvalue weighted by atomic mass is 19.1. The standard InChI is InChI=1S/C14H10FN/c1-9-2-5-12-13-7-11(15)4-3-10(13)8-16-14(12)6-9/h2-8H,1H3. The third-order valence-corrected chi connectivity index (χ3v) is 2.80. The summed E-state index contributed by atoms with van der Waals surface area (Å²) in [6.45, 7) is 2.02. The predicted molar refractivity (Wildman–Crippen MR) is 63.9 cm³/mol. The van der Waals surface area contributed by atoms with E-state index in [1.165, 1.54) is 6.07 Å². The smallest absolute Gasteiger partial charge is 0.123 e. The van der Waals surface area contributed by atoms with Gasteiger partial charge in [0.25, 0.3) is 0 Å². The molecule has 0 amide bonds. The van der Waals surface area contributed by atoms with E-state index in [1.54, 1.807) is 18.3 Å². The molecule has 78 valence electrons. The molecule has 0 aliphatic heterocycles. The first kappa shape index (κ1) is 9.28. The molecule has 3 aromatic rings.